The van der Waals surface area contributed by atoms with Gasteiger partial charge in [0.05, 0.1) is 33.1 Å². The number of aromatic nitrogens is 2. The first-order chi connectivity index (χ1) is 28.3. The molecular formula is C54H34N2O. The highest BCUT2D eigenvalue weighted by molar-refractivity contribution is 6.16. The van der Waals surface area contributed by atoms with Gasteiger partial charge in [-0.25, -0.2) is 0 Å². The summed E-state index contributed by atoms with van der Waals surface area (Å²) in [4.78, 5) is 0. The number of rotatable bonds is 5. The Balaban J connectivity index is 1.11. The van der Waals surface area contributed by atoms with E-state index in [0.717, 1.165) is 55.5 Å². The van der Waals surface area contributed by atoms with Crippen LogP contribution < -0.4 is 0 Å². The monoisotopic (exact) mass is 726 g/mol. The van der Waals surface area contributed by atoms with Crippen LogP contribution in [-0.4, -0.2) is 9.13 Å². The molecule has 0 aliphatic carbocycles. The van der Waals surface area contributed by atoms with Crippen molar-refractivity contribution >= 4 is 65.6 Å². The number of benzene rings is 9. The molecular weight excluding hydrogens is 693 g/mol. The molecule has 0 saturated heterocycles. The van der Waals surface area contributed by atoms with Crippen LogP contribution in [0, 0.1) is 0 Å². The van der Waals surface area contributed by atoms with E-state index in [2.05, 4.69) is 215 Å². The summed E-state index contributed by atoms with van der Waals surface area (Å²) < 4.78 is 11.5. The van der Waals surface area contributed by atoms with E-state index in [4.69, 9.17) is 4.42 Å². The van der Waals surface area contributed by atoms with Gasteiger partial charge in [-0.15, -0.1) is 0 Å². The lowest BCUT2D eigenvalue weighted by atomic mass is 9.97. The third kappa shape index (κ3) is 4.92. The smallest absolute Gasteiger partial charge is 0.138 e. The summed E-state index contributed by atoms with van der Waals surface area (Å²) in [6.45, 7) is 0. The maximum atomic E-state index is 6.68. The number of fused-ring (bicyclic) bond motifs is 9. The molecule has 57 heavy (non-hydrogen) atoms. The van der Waals surface area contributed by atoms with Crippen molar-refractivity contribution < 1.29 is 4.42 Å². The van der Waals surface area contributed by atoms with E-state index in [-0.39, 0.29) is 0 Å². The first kappa shape index (κ1) is 31.7. The number of nitrogens with zero attached hydrogens (tertiary/aromatic N) is 2. The third-order valence-electron chi connectivity index (χ3n) is 11.7. The van der Waals surface area contributed by atoms with Gasteiger partial charge in [0.2, 0.25) is 0 Å². The summed E-state index contributed by atoms with van der Waals surface area (Å²) in [6, 6.07) is 74.5. The van der Waals surface area contributed by atoms with Crippen molar-refractivity contribution in [1.82, 2.24) is 9.13 Å². The molecule has 0 N–H and O–H groups in total. The molecule has 0 unspecified atom stereocenters. The van der Waals surface area contributed by atoms with Crippen molar-refractivity contribution in [3.8, 4) is 44.8 Å². The Morgan fingerprint density at radius 3 is 1.65 bits per heavy atom. The van der Waals surface area contributed by atoms with Gasteiger partial charge in [-0.3, -0.25) is 0 Å². The van der Waals surface area contributed by atoms with Crippen molar-refractivity contribution in [3.05, 3.63) is 206 Å². The van der Waals surface area contributed by atoms with Crippen molar-refractivity contribution in [3.63, 3.8) is 0 Å². The maximum Gasteiger partial charge on any atom is 0.138 e. The summed E-state index contributed by atoms with van der Waals surface area (Å²) in [5.74, 6) is 0. The van der Waals surface area contributed by atoms with Gasteiger partial charge in [0.25, 0.3) is 0 Å². The molecule has 0 aliphatic rings. The maximum absolute atomic E-state index is 6.68. The van der Waals surface area contributed by atoms with E-state index in [9.17, 15) is 0 Å². The molecule has 3 aromatic heterocycles. The summed E-state index contributed by atoms with van der Waals surface area (Å²) >= 11 is 0. The highest BCUT2D eigenvalue weighted by Crippen LogP contribution is 2.43. The molecule has 12 aromatic rings. The highest BCUT2D eigenvalue weighted by Gasteiger charge is 2.21. The van der Waals surface area contributed by atoms with Gasteiger partial charge >= 0.3 is 0 Å². The summed E-state index contributed by atoms with van der Waals surface area (Å²) in [7, 11) is 0. The average Bonchev–Trinajstić information content (AvgIpc) is 3.94. The van der Waals surface area contributed by atoms with Crippen molar-refractivity contribution in [2.45, 2.75) is 0 Å². The zero-order valence-corrected chi connectivity index (χ0v) is 30.9. The fourth-order valence-corrected chi connectivity index (χ4v) is 9.10. The van der Waals surface area contributed by atoms with Crippen molar-refractivity contribution in [2.75, 3.05) is 0 Å². The van der Waals surface area contributed by atoms with Gasteiger partial charge in [-0.2, -0.15) is 0 Å². The SMILES string of the molecule is c1ccc(-c2cccc(-c3cc(-n4c5ccccc5c5ccc(-c6ccc7c(c6)c6ccccc6n7-c6ccccc6)cc54)c4c(c3)oc3ccccc34)c2)cc1. The van der Waals surface area contributed by atoms with E-state index in [1.165, 1.54) is 54.8 Å². The van der Waals surface area contributed by atoms with E-state index in [0.29, 0.717) is 0 Å². The minimum Gasteiger partial charge on any atom is -0.456 e. The second kappa shape index (κ2) is 12.5. The molecule has 12 rings (SSSR count). The Morgan fingerprint density at radius 1 is 0.281 bits per heavy atom. The molecule has 0 bridgehead atoms. The first-order valence-corrected chi connectivity index (χ1v) is 19.5. The summed E-state index contributed by atoms with van der Waals surface area (Å²) in [5, 5.41) is 7.14. The fourth-order valence-electron chi connectivity index (χ4n) is 9.10. The van der Waals surface area contributed by atoms with Crippen LogP contribution in [0.5, 0.6) is 0 Å². The Hall–Kier alpha value is -7.62. The molecule has 0 atom stereocenters. The molecule has 0 saturated carbocycles. The van der Waals surface area contributed by atoms with Gasteiger partial charge in [0, 0.05) is 32.6 Å². The quantitative estimate of drug-likeness (QED) is 0.173. The van der Waals surface area contributed by atoms with Crippen molar-refractivity contribution in [1.29, 1.82) is 0 Å². The van der Waals surface area contributed by atoms with Crippen LogP contribution in [0.25, 0.3) is 110 Å². The molecule has 3 heteroatoms. The summed E-state index contributed by atoms with van der Waals surface area (Å²) in [6.07, 6.45) is 0. The fraction of sp³-hybridized carbons (Fsp3) is 0. The topological polar surface area (TPSA) is 23.0 Å². The van der Waals surface area contributed by atoms with E-state index in [1.54, 1.807) is 0 Å². The van der Waals surface area contributed by atoms with Crippen LogP contribution in [0.15, 0.2) is 211 Å². The Morgan fingerprint density at radius 2 is 0.842 bits per heavy atom. The van der Waals surface area contributed by atoms with Gasteiger partial charge in [0.1, 0.15) is 11.2 Å². The van der Waals surface area contributed by atoms with Crippen LogP contribution in [-0.2, 0) is 0 Å². The number of furan rings is 1. The van der Waals surface area contributed by atoms with Gasteiger partial charge in [0.15, 0.2) is 0 Å². The number of hydrogen-bond donors (Lipinski definition) is 0. The first-order valence-electron chi connectivity index (χ1n) is 19.5. The van der Waals surface area contributed by atoms with Crippen LogP contribution in [0.2, 0.25) is 0 Å². The molecule has 3 nitrogen and oxygen atoms in total. The minimum absolute atomic E-state index is 0.871. The second-order valence-corrected chi connectivity index (χ2v) is 14.9. The number of para-hydroxylation sites is 4. The standard InChI is InChI=1S/C54H34N2O/c1-3-14-35(15-4-1)36-16-13-17-37(30-36)40-33-51(54-45-22-9-12-25-52(45)57-53(54)34-40)56-48-24-11-7-20-42(48)44-28-26-39(32-50(44)56)38-27-29-49-46(31-38)43-21-8-10-23-47(43)55(49)41-18-5-2-6-19-41/h1-34H. The Kier molecular flexibility index (Phi) is 6.93. The highest BCUT2D eigenvalue weighted by atomic mass is 16.3. The second-order valence-electron chi connectivity index (χ2n) is 14.9. The van der Waals surface area contributed by atoms with Gasteiger partial charge in [-0.05, 0) is 100 Å². The molecule has 266 valence electrons. The minimum atomic E-state index is 0.871. The Bertz CT molecular complexity index is 3510. The van der Waals surface area contributed by atoms with Crippen molar-refractivity contribution in [2.24, 2.45) is 0 Å². The van der Waals surface area contributed by atoms with Crippen LogP contribution in [0.3, 0.4) is 0 Å². The number of hydrogen-bond acceptors (Lipinski definition) is 1. The molecule has 9 aromatic carbocycles. The predicted octanol–water partition coefficient (Wildman–Crippen LogP) is 14.8. The van der Waals surface area contributed by atoms with Gasteiger partial charge in [-0.1, -0.05) is 140 Å². The predicted molar refractivity (Wildman–Crippen MR) is 239 cm³/mol. The largest absolute Gasteiger partial charge is 0.456 e. The molecule has 0 amide bonds. The molecule has 3 heterocycles. The lowest BCUT2D eigenvalue weighted by molar-refractivity contribution is 0.669. The molecule has 0 fully saturated rings. The normalized spacial score (nSPS) is 11.9. The zero-order valence-electron chi connectivity index (χ0n) is 30.9. The van der Waals surface area contributed by atoms with Crippen LogP contribution >= 0.6 is 0 Å². The van der Waals surface area contributed by atoms with E-state index >= 15 is 0 Å². The van der Waals surface area contributed by atoms with Crippen LogP contribution in [0.4, 0.5) is 0 Å². The Labute approximate surface area is 328 Å². The molecule has 0 radical (unpaired) electrons. The van der Waals surface area contributed by atoms with E-state index < -0.39 is 0 Å². The molecule has 0 spiro atoms. The third-order valence-corrected chi connectivity index (χ3v) is 11.7. The lowest BCUT2D eigenvalue weighted by Gasteiger charge is -2.14. The molecule has 0 aliphatic heterocycles. The van der Waals surface area contributed by atoms with Crippen LogP contribution in [0.1, 0.15) is 0 Å². The summed E-state index contributed by atoms with van der Waals surface area (Å²) in [5.41, 5.74) is 15.7. The lowest BCUT2D eigenvalue weighted by Crippen LogP contribution is -1.96. The van der Waals surface area contributed by atoms with Gasteiger partial charge < -0.3 is 13.6 Å². The average molecular weight is 727 g/mol. The van der Waals surface area contributed by atoms with E-state index in [1.807, 2.05) is 0 Å². The zero-order chi connectivity index (χ0) is 37.5.